The first-order chi connectivity index (χ1) is 6.24. The topological polar surface area (TPSA) is 0 Å². The van der Waals surface area contributed by atoms with Gasteiger partial charge in [0.25, 0.3) is 0 Å². The van der Waals surface area contributed by atoms with E-state index in [2.05, 4.69) is 0 Å². The summed E-state index contributed by atoms with van der Waals surface area (Å²) in [5.74, 6) is 0.439. The molecule has 0 aliphatic heterocycles. The molecule has 1 heterocycles. The zero-order chi connectivity index (χ0) is 9.42. The standard InChI is InChI=1S/C9H5Cl3S/c10-4-7-8(12)5-2-1-3-6(11)9(5)13-7/h1-3H,4H2. The van der Waals surface area contributed by atoms with E-state index in [0.29, 0.717) is 5.88 Å². The molecule has 1 aromatic carbocycles. The van der Waals surface area contributed by atoms with Crippen LogP contribution in [0.4, 0.5) is 0 Å². The summed E-state index contributed by atoms with van der Waals surface area (Å²) in [4.78, 5) is 0.978. The Balaban J connectivity index is 2.83. The van der Waals surface area contributed by atoms with Crippen LogP contribution < -0.4 is 0 Å². The van der Waals surface area contributed by atoms with E-state index in [0.717, 1.165) is 25.0 Å². The van der Waals surface area contributed by atoms with E-state index in [1.165, 1.54) is 0 Å². The fourth-order valence-electron chi connectivity index (χ4n) is 1.19. The molecule has 0 radical (unpaired) electrons. The fraction of sp³-hybridized carbons (Fsp3) is 0.111. The maximum absolute atomic E-state index is 6.10. The average molecular weight is 252 g/mol. The molecule has 0 bridgehead atoms. The van der Waals surface area contributed by atoms with E-state index < -0.39 is 0 Å². The SMILES string of the molecule is ClCc1sc2c(Cl)cccc2c1Cl. The van der Waals surface area contributed by atoms with Crippen molar-refractivity contribution in [2.24, 2.45) is 0 Å². The Morgan fingerprint density at radius 3 is 2.62 bits per heavy atom. The molecule has 0 N–H and O–H groups in total. The predicted molar refractivity (Wildman–Crippen MR) is 61.4 cm³/mol. The monoisotopic (exact) mass is 250 g/mol. The number of fused-ring (bicyclic) bond motifs is 1. The molecule has 0 atom stereocenters. The number of hydrogen-bond acceptors (Lipinski definition) is 1. The summed E-state index contributed by atoms with van der Waals surface area (Å²) in [7, 11) is 0. The molecule has 2 aromatic rings. The molecule has 0 unspecified atom stereocenters. The molecule has 2 rings (SSSR count). The quantitative estimate of drug-likeness (QED) is 0.629. The van der Waals surface area contributed by atoms with Gasteiger partial charge in [-0.3, -0.25) is 0 Å². The molecule has 0 aliphatic rings. The normalized spacial score (nSPS) is 11.0. The summed E-state index contributed by atoms with van der Waals surface area (Å²) in [5.41, 5.74) is 0. The number of alkyl halides is 1. The Bertz CT molecular complexity index is 447. The van der Waals surface area contributed by atoms with Gasteiger partial charge < -0.3 is 0 Å². The van der Waals surface area contributed by atoms with Gasteiger partial charge in [-0.15, -0.1) is 22.9 Å². The van der Waals surface area contributed by atoms with Crippen molar-refractivity contribution in [1.29, 1.82) is 0 Å². The lowest BCUT2D eigenvalue weighted by Gasteiger charge is -1.91. The molecular weight excluding hydrogens is 247 g/mol. The maximum atomic E-state index is 6.10. The van der Waals surface area contributed by atoms with E-state index in [9.17, 15) is 0 Å². The molecule has 0 aliphatic carbocycles. The number of rotatable bonds is 1. The molecule has 0 amide bonds. The van der Waals surface area contributed by atoms with Crippen LogP contribution in [0.2, 0.25) is 10.0 Å². The van der Waals surface area contributed by atoms with Crippen molar-refractivity contribution in [3.05, 3.63) is 33.1 Å². The van der Waals surface area contributed by atoms with Gasteiger partial charge in [0, 0.05) is 10.3 Å². The van der Waals surface area contributed by atoms with Gasteiger partial charge >= 0.3 is 0 Å². The minimum absolute atomic E-state index is 0.439. The van der Waals surface area contributed by atoms with Crippen LogP contribution in [0.15, 0.2) is 18.2 Å². The van der Waals surface area contributed by atoms with Crippen molar-refractivity contribution >= 4 is 56.2 Å². The molecule has 68 valence electrons. The zero-order valence-corrected chi connectivity index (χ0v) is 9.57. The van der Waals surface area contributed by atoms with Crippen molar-refractivity contribution in [1.82, 2.24) is 0 Å². The summed E-state index contributed by atoms with van der Waals surface area (Å²) < 4.78 is 1.02. The molecule has 0 nitrogen and oxygen atoms in total. The molecular formula is C9H5Cl3S. The van der Waals surface area contributed by atoms with Crippen LogP contribution in [0.1, 0.15) is 4.88 Å². The van der Waals surface area contributed by atoms with Gasteiger partial charge in [-0.05, 0) is 6.07 Å². The molecule has 0 spiro atoms. The van der Waals surface area contributed by atoms with Crippen molar-refractivity contribution < 1.29 is 0 Å². The lowest BCUT2D eigenvalue weighted by atomic mass is 10.2. The number of benzene rings is 1. The van der Waals surface area contributed by atoms with Crippen LogP contribution in [-0.2, 0) is 5.88 Å². The highest BCUT2D eigenvalue weighted by atomic mass is 35.5. The van der Waals surface area contributed by atoms with Crippen molar-refractivity contribution in [2.45, 2.75) is 5.88 Å². The lowest BCUT2D eigenvalue weighted by Crippen LogP contribution is -1.67. The van der Waals surface area contributed by atoms with Crippen LogP contribution in [0.25, 0.3) is 10.1 Å². The van der Waals surface area contributed by atoms with E-state index >= 15 is 0 Å². The maximum Gasteiger partial charge on any atom is 0.0636 e. The third-order valence-corrected chi connectivity index (χ3v) is 4.43. The predicted octanol–water partition coefficient (Wildman–Crippen LogP) is 4.95. The van der Waals surface area contributed by atoms with Gasteiger partial charge in [-0.2, -0.15) is 0 Å². The van der Waals surface area contributed by atoms with Crippen molar-refractivity contribution in [3.63, 3.8) is 0 Å². The van der Waals surface area contributed by atoms with Crippen LogP contribution in [0.3, 0.4) is 0 Å². The number of halogens is 3. The number of hydrogen-bond donors (Lipinski definition) is 0. The minimum atomic E-state index is 0.439. The summed E-state index contributed by atoms with van der Waals surface area (Å²) in [6, 6.07) is 5.70. The van der Waals surface area contributed by atoms with Gasteiger partial charge in [-0.25, -0.2) is 0 Å². The van der Waals surface area contributed by atoms with E-state index in [1.54, 1.807) is 11.3 Å². The first kappa shape index (κ1) is 9.60. The lowest BCUT2D eigenvalue weighted by molar-refractivity contribution is 1.54. The highest BCUT2D eigenvalue weighted by Gasteiger charge is 2.10. The second-order valence-corrected chi connectivity index (χ2v) is 4.75. The second-order valence-electron chi connectivity index (χ2n) is 2.59. The Labute approximate surface area is 95.0 Å². The highest BCUT2D eigenvalue weighted by molar-refractivity contribution is 7.20. The van der Waals surface area contributed by atoms with Crippen molar-refractivity contribution in [2.75, 3.05) is 0 Å². The minimum Gasteiger partial charge on any atom is -0.136 e. The Morgan fingerprint density at radius 1 is 1.23 bits per heavy atom. The van der Waals surface area contributed by atoms with Crippen molar-refractivity contribution in [3.8, 4) is 0 Å². The zero-order valence-electron chi connectivity index (χ0n) is 6.48. The van der Waals surface area contributed by atoms with Gasteiger partial charge in [0.15, 0.2) is 0 Å². The highest BCUT2D eigenvalue weighted by Crippen LogP contribution is 2.39. The van der Waals surface area contributed by atoms with Gasteiger partial charge in [0.1, 0.15) is 0 Å². The third kappa shape index (κ3) is 1.55. The van der Waals surface area contributed by atoms with E-state index in [-0.39, 0.29) is 0 Å². The summed E-state index contributed by atoms with van der Waals surface area (Å²) in [6.45, 7) is 0. The first-order valence-electron chi connectivity index (χ1n) is 3.65. The first-order valence-corrected chi connectivity index (χ1v) is 5.76. The third-order valence-electron chi connectivity index (χ3n) is 1.79. The summed E-state index contributed by atoms with van der Waals surface area (Å²) >= 11 is 19.4. The average Bonchev–Trinajstić information content (AvgIpc) is 2.45. The van der Waals surface area contributed by atoms with E-state index in [1.807, 2.05) is 18.2 Å². The summed E-state index contributed by atoms with van der Waals surface area (Å²) in [6.07, 6.45) is 0. The molecule has 0 saturated carbocycles. The Morgan fingerprint density at radius 2 is 2.00 bits per heavy atom. The van der Waals surface area contributed by atoms with E-state index in [4.69, 9.17) is 34.8 Å². The number of thiophene rings is 1. The van der Waals surface area contributed by atoms with Crippen LogP contribution >= 0.6 is 46.1 Å². The van der Waals surface area contributed by atoms with Gasteiger partial charge in [0.05, 0.1) is 20.6 Å². The second kappa shape index (κ2) is 3.66. The Hall–Kier alpha value is 0.0500. The fourth-order valence-corrected chi connectivity index (χ4v) is 3.19. The molecule has 1 aromatic heterocycles. The molecule has 0 saturated heterocycles. The van der Waals surface area contributed by atoms with Gasteiger partial charge in [0.2, 0.25) is 0 Å². The molecule has 0 fully saturated rings. The van der Waals surface area contributed by atoms with Crippen LogP contribution in [-0.4, -0.2) is 0 Å². The largest absolute Gasteiger partial charge is 0.136 e. The van der Waals surface area contributed by atoms with Gasteiger partial charge in [-0.1, -0.05) is 35.3 Å². The molecule has 13 heavy (non-hydrogen) atoms. The van der Waals surface area contributed by atoms with Crippen LogP contribution in [0, 0.1) is 0 Å². The summed E-state index contributed by atoms with van der Waals surface area (Å²) in [5, 5.41) is 2.47. The Kier molecular flexibility index (Phi) is 2.70. The van der Waals surface area contributed by atoms with Crippen LogP contribution in [0.5, 0.6) is 0 Å². The smallest absolute Gasteiger partial charge is 0.0636 e. The molecule has 4 heteroatoms.